The van der Waals surface area contributed by atoms with E-state index in [1.54, 1.807) is 18.3 Å². The SMILES string of the molecule is CC(C)C1CCN(C(=O)c2cc(Cl)ccn2)C1. The zero-order chi connectivity index (χ0) is 12.4. The Kier molecular flexibility index (Phi) is 3.67. The molecule has 0 aromatic carbocycles. The maximum Gasteiger partial charge on any atom is 0.272 e. The van der Waals surface area contributed by atoms with Gasteiger partial charge in [-0.05, 0) is 30.4 Å². The van der Waals surface area contributed by atoms with Gasteiger partial charge in [0.05, 0.1) is 0 Å². The molecule has 1 aliphatic heterocycles. The second-order valence-corrected chi connectivity index (χ2v) is 5.34. The van der Waals surface area contributed by atoms with Crippen LogP contribution in [0.4, 0.5) is 0 Å². The van der Waals surface area contributed by atoms with E-state index >= 15 is 0 Å². The highest BCUT2D eigenvalue weighted by Gasteiger charge is 2.29. The van der Waals surface area contributed by atoms with Gasteiger partial charge in [0.1, 0.15) is 5.69 Å². The molecule has 0 saturated carbocycles. The van der Waals surface area contributed by atoms with Gasteiger partial charge in [0.25, 0.3) is 5.91 Å². The summed E-state index contributed by atoms with van der Waals surface area (Å²) in [4.78, 5) is 18.1. The number of carbonyl (C=O) groups is 1. The number of pyridine rings is 1. The van der Waals surface area contributed by atoms with E-state index in [4.69, 9.17) is 11.6 Å². The molecule has 1 unspecified atom stereocenters. The van der Waals surface area contributed by atoms with Gasteiger partial charge in [-0.1, -0.05) is 25.4 Å². The van der Waals surface area contributed by atoms with Crippen LogP contribution in [0.5, 0.6) is 0 Å². The molecule has 0 spiro atoms. The van der Waals surface area contributed by atoms with E-state index in [0.717, 1.165) is 19.5 Å². The van der Waals surface area contributed by atoms with Crippen molar-refractivity contribution in [2.45, 2.75) is 20.3 Å². The third-order valence-electron chi connectivity index (χ3n) is 3.40. The van der Waals surface area contributed by atoms with Gasteiger partial charge in [-0.25, -0.2) is 0 Å². The van der Waals surface area contributed by atoms with Crippen LogP contribution in [0.1, 0.15) is 30.8 Å². The zero-order valence-corrected chi connectivity index (χ0v) is 10.9. The number of hydrogen-bond acceptors (Lipinski definition) is 2. The molecule has 2 heterocycles. The van der Waals surface area contributed by atoms with E-state index < -0.39 is 0 Å². The van der Waals surface area contributed by atoms with Crippen LogP contribution in [0.3, 0.4) is 0 Å². The number of hydrogen-bond donors (Lipinski definition) is 0. The van der Waals surface area contributed by atoms with Crippen LogP contribution in [0.15, 0.2) is 18.3 Å². The molecule has 1 aliphatic rings. The van der Waals surface area contributed by atoms with Crippen LogP contribution in [0.25, 0.3) is 0 Å². The molecule has 0 N–H and O–H groups in total. The summed E-state index contributed by atoms with van der Waals surface area (Å²) >= 11 is 5.86. The lowest BCUT2D eigenvalue weighted by molar-refractivity contribution is 0.0778. The monoisotopic (exact) mass is 252 g/mol. The molecule has 3 nitrogen and oxygen atoms in total. The first-order valence-electron chi connectivity index (χ1n) is 5.98. The summed E-state index contributed by atoms with van der Waals surface area (Å²) < 4.78 is 0. The Hall–Kier alpha value is -1.09. The molecule has 1 atom stereocenters. The van der Waals surface area contributed by atoms with Crippen LogP contribution in [0, 0.1) is 11.8 Å². The van der Waals surface area contributed by atoms with Gasteiger partial charge < -0.3 is 4.90 Å². The summed E-state index contributed by atoms with van der Waals surface area (Å²) in [5.74, 6) is 1.23. The van der Waals surface area contributed by atoms with Gasteiger partial charge in [-0.15, -0.1) is 0 Å². The Morgan fingerprint density at radius 2 is 2.35 bits per heavy atom. The van der Waals surface area contributed by atoms with Crippen molar-refractivity contribution in [1.82, 2.24) is 9.88 Å². The summed E-state index contributed by atoms with van der Waals surface area (Å²) in [5, 5.41) is 0.558. The standard InChI is InChI=1S/C13H17ClN2O/c1-9(2)10-4-6-16(8-10)13(17)12-7-11(14)3-5-15-12/h3,5,7,9-10H,4,6,8H2,1-2H3. The van der Waals surface area contributed by atoms with E-state index in [9.17, 15) is 4.79 Å². The number of likely N-dealkylation sites (tertiary alicyclic amines) is 1. The van der Waals surface area contributed by atoms with Crippen molar-refractivity contribution in [2.24, 2.45) is 11.8 Å². The molecule has 92 valence electrons. The molecular weight excluding hydrogens is 236 g/mol. The van der Waals surface area contributed by atoms with Crippen molar-refractivity contribution in [3.8, 4) is 0 Å². The smallest absolute Gasteiger partial charge is 0.272 e. The van der Waals surface area contributed by atoms with Gasteiger partial charge in [0.15, 0.2) is 0 Å². The molecule has 1 fully saturated rings. The lowest BCUT2D eigenvalue weighted by Crippen LogP contribution is -2.30. The minimum Gasteiger partial charge on any atom is -0.337 e. The number of carbonyl (C=O) groups excluding carboxylic acids is 1. The lowest BCUT2D eigenvalue weighted by Gasteiger charge is -2.17. The fourth-order valence-electron chi connectivity index (χ4n) is 2.20. The third-order valence-corrected chi connectivity index (χ3v) is 3.63. The average molecular weight is 253 g/mol. The van der Waals surface area contributed by atoms with Gasteiger partial charge in [0.2, 0.25) is 0 Å². The Bertz CT molecular complexity index is 420. The zero-order valence-electron chi connectivity index (χ0n) is 10.2. The predicted octanol–water partition coefficient (Wildman–Crippen LogP) is 2.85. The Morgan fingerprint density at radius 3 is 2.94 bits per heavy atom. The lowest BCUT2D eigenvalue weighted by atomic mass is 9.95. The highest BCUT2D eigenvalue weighted by atomic mass is 35.5. The van der Waals surface area contributed by atoms with Crippen LogP contribution in [0.2, 0.25) is 5.02 Å². The topological polar surface area (TPSA) is 33.2 Å². The first kappa shape index (κ1) is 12.4. The fourth-order valence-corrected chi connectivity index (χ4v) is 2.36. The number of nitrogens with zero attached hydrogens (tertiary/aromatic N) is 2. The van der Waals surface area contributed by atoms with E-state index in [2.05, 4.69) is 18.8 Å². The van der Waals surface area contributed by atoms with Crippen molar-refractivity contribution < 1.29 is 4.79 Å². The Labute approximate surface area is 107 Å². The molecular formula is C13H17ClN2O. The van der Waals surface area contributed by atoms with E-state index in [1.165, 1.54) is 0 Å². The molecule has 2 rings (SSSR count). The van der Waals surface area contributed by atoms with Gasteiger partial charge in [-0.2, -0.15) is 0 Å². The van der Waals surface area contributed by atoms with Gasteiger partial charge in [-0.3, -0.25) is 9.78 Å². The first-order valence-corrected chi connectivity index (χ1v) is 6.36. The molecule has 1 amide bonds. The summed E-state index contributed by atoms with van der Waals surface area (Å²) in [5.41, 5.74) is 0.446. The van der Waals surface area contributed by atoms with Crippen LogP contribution in [-0.2, 0) is 0 Å². The molecule has 1 saturated heterocycles. The van der Waals surface area contributed by atoms with Gasteiger partial charge in [0, 0.05) is 24.3 Å². The van der Waals surface area contributed by atoms with Crippen molar-refractivity contribution in [2.75, 3.05) is 13.1 Å². The fraction of sp³-hybridized carbons (Fsp3) is 0.538. The Balaban J connectivity index is 2.07. The van der Waals surface area contributed by atoms with E-state index in [-0.39, 0.29) is 5.91 Å². The van der Waals surface area contributed by atoms with Crippen LogP contribution in [-0.4, -0.2) is 28.9 Å². The largest absolute Gasteiger partial charge is 0.337 e. The minimum absolute atomic E-state index is 0.00403. The second-order valence-electron chi connectivity index (χ2n) is 4.90. The molecule has 17 heavy (non-hydrogen) atoms. The van der Waals surface area contributed by atoms with Crippen LogP contribution < -0.4 is 0 Å². The van der Waals surface area contributed by atoms with Gasteiger partial charge >= 0.3 is 0 Å². The third kappa shape index (κ3) is 2.78. The van der Waals surface area contributed by atoms with Crippen molar-refractivity contribution in [1.29, 1.82) is 0 Å². The number of halogens is 1. The Morgan fingerprint density at radius 1 is 1.59 bits per heavy atom. The van der Waals surface area contributed by atoms with Crippen molar-refractivity contribution in [3.63, 3.8) is 0 Å². The quantitative estimate of drug-likeness (QED) is 0.811. The molecule has 1 aromatic heterocycles. The summed E-state index contributed by atoms with van der Waals surface area (Å²) in [6, 6.07) is 3.31. The first-order chi connectivity index (χ1) is 8.08. The maximum atomic E-state index is 12.2. The molecule has 0 aliphatic carbocycles. The molecule has 0 bridgehead atoms. The normalized spacial score (nSPS) is 20.0. The summed E-state index contributed by atoms with van der Waals surface area (Å²) in [6.45, 7) is 6.08. The van der Waals surface area contributed by atoms with Crippen molar-refractivity contribution >= 4 is 17.5 Å². The highest BCUT2D eigenvalue weighted by Crippen LogP contribution is 2.24. The second kappa shape index (κ2) is 5.05. The molecule has 0 radical (unpaired) electrons. The molecule has 1 aromatic rings. The maximum absolute atomic E-state index is 12.2. The summed E-state index contributed by atoms with van der Waals surface area (Å²) in [7, 11) is 0. The minimum atomic E-state index is -0.00403. The highest BCUT2D eigenvalue weighted by molar-refractivity contribution is 6.30. The number of rotatable bonds is 2. The molecule has 4 heteroatoms. The van der Waals surface area contributed by atoms with E-state index in [1.807, 2.05) is 4.90 Å². The summed E-state index contributed by atoms with van der Waals surface area (Å²) in [6.07, 6.45) is 2.66. The van der Waals surface area contributed by atoms with Crippen LogP contribution >= 0.6 is 11.6 Å². The number of amides is 1. The number of aromatic nitrogens is 1. The van der Waals surface area contributed by atoms with Crippen molar-refractivity contribution in [3.05, 3.63) is 29.0 Å². The predicted molar refractivity (Wildman–Crippen MR) is 68.1 cm³/mol. The average Bonchev–Trinajstić information content (AvgIpc) is 2.77. The van der Waals surface area contributed by atoms with E-state index in [0.29, 0.717) is 22.6 Å².